The minimum absolute atomic E-state index is 0.0119. The van der Waals surface area contributed by atoms with E-state index in [0.29, 0.717) is 11.3 Å². The fourth-order valence-corrected chi connectivity index (χ4v) is 1.94. The molecule has 3 nitrogen and oxygen atoms in total. The van der Waals surface area contributed by atoms with Crippen LogP contribution in [0.1, 0.15) is 5.56 Å². The maximum Gasteiger partial charge on any atom is 0.144 e. The second kappa shape index (κ2) is 4.62. The lowest BCUT2D eigenvalue weighted by atomic mass is 10.2. The molecule has 0 saturated heterocycles. The van der Waals surface area contributed by atoms with Gasteiger partial charge in [0, 0.05) is 10.0 Å². The summed E-state index contributed by atoms with van der Waals surface area (Å²) in [5, 5.41) is 0. The van der Waals surface area contributed by atoms with Crippen molar-refractivity contribution in [3.8, 4) is 5.75 Å². The van der Waals surface area contributed by atoms with E-state index in [2.05, 4.69) is 15.9 Å². The first-order valence-corrected chi connectivity index (χ1v) is 5.73. The van der Waals surface area contributed by atoms with Crippen LogP contribution in [-0.4, -0.2) is 15.5 Å². The van der Waals surface area contributed by atoms with E-state index in [0.717, 1.165) is 4.47 Å². The first kappa shape index (κ1) is 10.5. The topological polar surface area (TPSA) is 43.4 Å². The molecule has 5 heteroatoms. The molecule has 0 aromatic heterocycles. The van der Waals surface area contributed by atoms with Crippen molar-refractivity contribution in [2.75, 3.05) is 7.11 Å². The normalized spacial score (nSPS) is 10.4. The molecule has 0 fully saturated rings. The lowest BCUT2D eigenvalue weighted by molar-refractivity contribution is 0.411. The molecule has 0 bridgehead atoms. The van der Waals surface area contributed by atoms with E-state index in [1.807, 2.05) is 0 Å². The van der Waals surface area contributed by atoms with Crippen molar-refractivity contribution in [2.24, 2.45) is 0 Å². The first-order chi connectivity index (χ1) is 6.13. The van der Waals surface area contributed by atoms with Gasteiger partial charge in [0.2, 0.25) is 0 Å². The van der Waals surface area contributed by atoms with Gasteiger partial charge in [-0.3, -0.25) is 0 Å². The van der Waals surface area contributed by atoms with Crippen molar-refractivity contribution in [1.29, 1.82) is 0 Å². The molecule has 1 rings (SSSR count). The van der Waals surface area contributed by atoms with Gasteiger partial charge in [-0.15, -0.1) is 0 Å². The Hall–Kier alpha value is -0.550. The molecule has 0 spiro atoms. The van der Waals surface area contributed by atoms with Crippen molar-refractivity contribution in [2.45, 2.75) is 5.75 Å². The fraction of sp³-hybridized carbons (Fsp3) is 0.250. The Morgan fingerprint density at radius 3 is 2.69 bits per heavy atom. The first-order valence-electron chi connectivity index (χ1n) is 3.57. The van der Waals surface area contributed by atoms with Gasteiger partial charge in [-0.25, -0.2) is 8.42 Å². The molecule has 13 heavy (non-hydrogen) atoms. The van der Waals surface area contributed by atoms with Gasteiger partial charge in [0.15, 0.2) is 0 Å². The summed E-state index contributed by atoms with van der Waals surface area (Å²) >= 11 is 3.26. The van der Waals surface area contributed by atoms with Crippen molar-refractivity contribution >= 4 is 26.6 Å². The Kier molecular flexibility index (Phi) is 3.74. The monoisotopic (exact) mass is 264 g/mol. The summed E-state index contributed by atoms with van der Waals surface area (Å²) in [4.78, 5) is 0. The van der Waals surface area contributed by atoms with Crippen LogP contribution in [0.5, 0.6) is 5.75 Å². The summed E-state index contributed by atoms with van der Waals surface area (Å²) in [5.41, 5.74) is 0.674. The molecule has 0 atom stereocenters. The molecule has 0 heterocycles. The van der Waals surface area contributed by atoms with Gasteiger partial charge in [0.05, 0.1) is 12.9 Å². The van der Waals surface area contributed by atoms with Crippen LogP contribution in [0, 0.1) is 0 Å². The third-order valence-electron chi connectivity index (χ3n) is 1.54. The molecule has 0 amide bonds. The van der Waals surface area contributed by atoms with E-state index in [1.165, 1.54) is 7.11 Å². The van der Waals surface area contributed by atoms with E-state index in [4.69, 9.17) is 4.74 Å². The Balaban J connectivity index is 3.07. The van der Waals surface area contributed by atoms with E-state index in [9.17, 15) is 8.42 Å². The molecule has 0 unspecified atom stereocenters. The maximum atomic E-state index is 10.5. The van der Waals surface area contributed by atoms with Gasteiger partial charge >= 0.3 is 0 Å². The molecule has 72 valence electrons. The molecule has 0 saturated carbocycles. The molecular formula is C8H9BrO3S. The minimum atomic E-state index is -2.41. The van der Waals surface area contributed by atoms with E-state index in [1.54, 1.807) is 18.2 Å². The predicted octanol–water partition coefficient (Wildman–Crippen LogP) is 1.57. The lowest BCUT2D eigenvalue weighted by Gasteiger charge is -2.05. The molecular weight excluding hydrogens is 256 g/mol. The summed E-state index contributed by atoms with van der Waals surface area (Å²) in [5.74, 6) is 0.611. The van der Waals surface area contributed by atoms with Crippen LogP contribution in [0.4, 0.5) is 0 Å². The number of hydrogen-bond donors (Lipinski definition) is 1. The Morgan fingerprint density at radius 1 is 1.46 bits per heavy atom. The number of ether oxygens (including phenoxy) is 1. The van der Waals surface area contributed by atoms with Gasteiger partial charge in [0.1, 0.15) is 16.5 Å². The van der Waals surface area contributed by atoms with Crippen LogP contribution in [0.3, 0.4) is 0 Å². The van der Waals surface area contributed by atoms with Crippen molar-refractivity contribution in [3.05, 3.63) is 28.2 Å². The number of benzene rings is 1. The van der Waals surface area contributed by atoms with Gasteiger partial charge in [-0.2, -0.15) is 0 Å². The molecule has 0 aliphatic carbocycles. The van der Waals surface area contributed by atoms with Crippen LogP contribution < -0.4 is 4.74 Å². The highest BCUT2D eigenvalue weighted by Gasteiger charge is 2.03. The standard InChI is InChI=1S/C8H9BrO3S/c1-12-8-3-2-7(9)4-6(8)5-13(10)11/h2-4,13H,5H2,1H3. The Labute approximate surface area is 86.8 Å². The van der Waals surface area contributed by atoms with Crippen LogP contribution in [0.15, 0.2) is 22.7 Å². The third-order valence-corrected chi connectivity index (χ3v) is 2.63. The second-order valence-electron chi connectivity index (χ2n) is 2.45. The Bertz CT molecular complexity index is 366. The van der Waals surface area contributed by atoms with Crippen molar-refractivity contribution in [1.82, 2.24) is 0 Å². The van der Waals surface area contributed by atoms with Gasteiger partial charge in [-0.05, 0) is 18.2 Å². The van der Waals surface area contributed by atoms with Gasteiger partial charge in [0.25, 0.3) is 0 Å². The second-order valence-corrected chi connectivity index (χ2v) is 4.34. The molecule has 1 aromatic rings. The highest BCUT2D eigenvalue weighted by atomic mass is 79.9. The number of halogens is 1. The highest BCUT2D eigenvalue weighted by molar-refractivity contribution is 9.10. The van der Waals surface area contributed by atoms with E-state index < -0.39 is 10.7 Å². The third kappa shape index (κ3) is 3.00. The van der Waals surface area contributed by atoms with Crippen LogP contribution in [0.25, 0.3) is 0 Å². The summed E-state index contributed by atoms with van der Waals surface area (Å²) in [6, 6.07) is 5.28. The molecule has 1 aromatic carbocycles. The zero-order valence-corrected chi connectivity index (χ0v) is 9.47. The van der Waals surface area contributed by atoms with Crippen LogP contribution in [-0.2, 0) is 16.5 Å². The fourth-order valence-electron chi connectivity index (χ4n) is 1.01. The summed E-state index contributed by atoms with van der Waals surface area (Å²) in [6.45, 7) is 0. The zero-order chi connectivity index (χ0) is 9.84. The van der Waals surface area contributed by atoms with Gasteiger partial charge < -0.3 is 4.74 Å². The lowest BCUT2D eigenvalue weighted by Crippen LogP contribution is -1.93. The highest BCUT2D eigenvalue weighted by Crippen LogP contribution is 2.23. The smallest absolute Gasteiger partial charge is 0.144 e. The van der Waals surface area contributed by atoms with Crippen molar-refractivity contribution < 1.29 is 13.2 Å². The SMILES string of the molecule is COc1ccc(Br)cc1C[SH](=O)=O. The minimum Gasteiger partial charge on any atom is -0.496 e. The molecule has 0 aliphatic heterocycles. The molecule has 0 N–H and O–H groups in total. The van der Waals surface area contributed by atoms with E-state index in [-0.39, 0.29) is 5.75 Å². The molecule has 0 radical (unpaired) electrons. The Morgan fingerprint density at radius 2 is 2.15 bits per heavy atom. The number of hydrogen-bond acceptors (Lipinski definition) is 3. The number of rotatable bonds is 3. The average molecular weight is 265 g/mol. The summed E-state index contributed by atoms with van der Waals surface area (Å²) < 4.78 is 26.9. The average Bonchev–Trinajstić information content (AvgIpc) is 2.03. The number of methoxy groups -OCH3 is 1. The van der Waals surface area contributed by atoms with Crippen molar-refractivity contribution in [3.63, 3.8) is 0 Å². The zero-order valence-electron chi connectivity index (χ0n) is 6.99. The van der Waals surface area contributed by atoms with Crippen LogP contribution >= 0.6 is 15.9 Å². The summed E-state index contributed by atoms with van der Waals surface area (Å²) in [7, 11) is -0.893. The quantitative estimate of drug-likeness (QED) is 0.843. The van der Waals surface area contributed by atoms with Gasteiger partial charge in [-0.1, -0.05) is 15.9 Å². The van der Waals surface area contributed by atoms with E-state index >= 15 is 0 Å². The van der Waals surface area contributed by atoms with Crippen LogP contribution in [0.2, 0.25) is 0 Å². The summed E-state index contributed by atoms with van der Waals surface area (Å²) in [6.07, 6.45) is 0. The molecule has 0 aliphatic rings. The number of thiol groups is 1. The largest absolute Gasteiger partial charge is 0.496 e. The maximum absolute atomic E-state index is 10.5. The predicted molar refractivity (Wildman–Crippen MR) is 54.7 cm³/mol.